The van der Waals surface area contributed by atoms with Gasteiger partial charge in [-0.3, -0.25) is 4.57 Å². The van der Waals surface area contributed by atoms with E-state index in [0.717, 1.165) is 66.8 Å². The molecule has 9 rings (SSSR count). The van der Waals surface area contributed by atoms with Crippen LogP contribution in [-0.4, -0.2) is 14.5 Å². The quantitative estimate of drug-likeness (QED) is 0.231. The molecule has 3 heterocycles. The first-order valence-electron chi connectivity index (χ1n) is 13.7. The zero-order valence-electron chi connectivity index (χ0n) is 21.6. The smallest absolute Gasteiger partial charge is 0.235 e. The minimum absolute atomic E-state index is 0.200. The second-order valence-corrected chi connectivity index (χ2v) is 10.5. The number of nitrogens with zero attached hydrogens (tertiary/aromatic N) is 3. The van der Waals surface area contributed by atoms with Crippen molar-refractivity contribution in [3.8, 4) is 5.95 Å². The molecule has 1 aliphatic carbocycles. The van der Waals surface area contributed by atoms with E-state index in [1.165, 1.54) is 10.8 Å². The molecule has 0 fully saturated rings. The van der Waals surface area contributed by atoms with Gasteiger partial charge in [0.25, 0.3) is 0 Å². The number of hydrogen-bond donors (Lipinski definition) is 0. The van der Waals surface area contributed by atoms with E-state index >= 15 is 0 Å². The lowest BCUT2D eigenvalue weighted by Gasteiger charge is -2.17. The Hall–Kier alpha value is -5.22. The topological polar surface area (TPSA) is 43.9 Å². The Morgan fingerprint density at radius 2 is 1.38 bits per heavy atom. The fourth-order valence-corrected chi connectivity index (χ4v) is 6.58. The molecule has 4 heteroatoms. The first-order chi connectivity index (χ1) is 19.9. The van der Waals surface area contributed by atoms with Crippen molar-refractivity contribution in [3.05, 3.63) is 127 Å². The Kier molecular flexibility index (Phi) is 4.41. The number of rotatable bonds is 2. The molecule has 0 saturated carbocycles. The van der Waals surface area contributed by atoms with Crippen molar-refractivity contribution in [1.82, 2.24) is 14.5 Å². The summed E-state index contributed by atoms with van der Waals surface area (Å²) in [4.78, 5) is 10.5. The highest BCUT2D eigenvalue weighted by Gasteiger charge is 2.24. The Bertz CT molecular complexity index is 2370. The van der Waals surface area contributed by atoms with Gasteiger partial charge in [-0.25, -0.2) is 9.97 Å². The molecular formula is C36H23N3O. The Morgan fingerprint density at radius 1 is 0.650 bits per heavy atom. The van der Waals surface area contributed by atoms with E-state index < -0.39 is 0 Å². The lowest BCUT2D eigenvalue weighted by Crippen LogP contribution is -2.08. The highest BCUT2D eigenvalue weighted by molar-refractivity contribution is 6.35. The summed E-state index contributed by atoms with van der Waals surface area (Å²) in [6.45, 7) is 0. The maximum Gasteiger partial charge on any atom is 0.235 e. The second-order valence-electron chi connectivity index (χ2n) is 10.5. The summed E-state index contributed by atoms with van der Waals surface area (Å²) >= 11 is 0. The van der Waals surface area contributed by atoms with Gasteiger partial charge in [-0.2, -0.15) is 0 Å². The first-order valence-corrected chi connectivity index (χ1v) is 13.7. The van der Waals surface area contributed by atoms with Crippen LogP contribution in [0.4, 0.5) is 0 Å². The second kappa shape index (κ2) is 8.14. The number of para-hydroxylation sites is 3. The number of fused-ring (bicyclic) bond motifs is 11. The van der Waals surface area contributed by atoms with Gasteiger partial charge >= 0.3 is 0 Å². The van der Waals surface area contributed by atoms with Crippen molar-refractivity contribution < 1.29 is 4.42 Å². The summed E-state index contributed by atoms with van der Waals surface area (Å²) in [5.41, 5.74) is 6.03. The van der Waals surface area contributed by atoms with Crippen molar-refractivity contribution in [2.24, 2.45) is 0 Å². The summed E-state index contributed by atoms with van der Waals surface area (Å²) < 4.78 is 8.81. The number of hydrogen-bond acceptors (Lipinski definition) is 3. The summed E-state index contributed by atoms with van der Waals surface area (Å²) in [5.74, 6) is 0.895. The molecule has 8 aromatic rings. The molecule has 0 bridgehead atoms. The summed E-state index contributed by atoms with van der Waals surface area (Å²) in [6, 6.07) is 33.8. The Morgan fingerprint density at radius 3 is 2.23 bits per heavy atom. The van der Waals surface area contributed by atoms with Crippen molar-refractivity contribution in [2.75, 3.05) is 0 Å². The third kappa shape index (κ3) is 2.90. The van der Waals surface area contributed by atoms with Gasteiger partial charge in [0.15, 0.2) is 0 Å². The van der Waals surface area contributed by atoms with E-state index in [1.807, 2.05) is 6.07 Å². The normalized spacial score (nSPS) is 15.4. The molecule has 0 amide bonds. The van der Waals surface area contributed by atoms with Crippen molar-refractivity contribution in [2.45, 2.75) is 12.3 Å². The monoisotopic (exact) mass is 513 g/mol. The fraction of sp³-hybridized carbons (Fsp3) is 0.0556. The molecule has 4 nitrogen and oxygen atoms in total. The van der Waals surface area contributed by atoms with Crippen molar-refractivity contribution >= 4 is 65.4 Å². The fourth-order valence-electron chi connectivity index (χ4n) is 6.58. The Balaban J connectivity index is 1.51. The number of allylic oxidation sites excluding steroid dienone is 4. The van der Waals surface area contributed by atoms with Gasteiger partial charge < -0.3 is 4.42 Å². The molecule has 0 spiro atoms. The van der Waals surface area contributed by atoms with Crippen LogP contribution in [0.25, 0.3) is 71.4 Å². The van der Waals surface area contributed by atoms with Crippen LogP contribution in [0.2, 0.25) is 0 Å². The average molecular weight is 514 g/mol. The predicted octanol–water partition coefficient (Wildman–Crippen LogP) is 9.38. The lowest BCUT2D eigenvalue weighted by molar-refractivity contribution is 0.673. The van der Waals surface area contributed by atoms with Crippen molar-refractivity contribution in [1.29, 1.82) is 0 Å². The van der Waals surface area contributed by atoms with E-state index in [2.05, 4.69) is 120 Å². The highest BCUT2D eigenvalue weighted by atomic mass is 16.3. The van der Waals surface area contributed by atoms with Crippen LogP contribution in [0.15, 0.2) is 126 Å². The molecule has 1 atom stereocenters. The molecule has 0 N–H and O–H groups in total. The van der Waals surface area contributed by atoms with Crippen LogP contribution in [-0.2, 0) is 0 Å². The summed E-state index contributed by atoms with van der Waals surface area (Å²) in [6.07, 6.45) is 9.63. The molecular weight excluding hydrogens is 490 g/mol. The number of furan rings is 1. The zero-order valence-corrected chi connectivity index (χ0v) is 21.6. The largest absolute Gasteiger partial charge is 0.455 e. The minimum Gasteiger partial charge on any atom is -0.455 e. The number of aromatic nitrogens is 3. The van der Waals surface area contributed by atoms with Gasteiger partial charge in [0.2, 0.25) is 5.95 Å². The highest BCUT2D eigenvalue weighted by Crippen LogP contribution is 2.45. The molecule has 0 saturated heterocycles. The summed E-state index contributed by atoms with van der Waals surface area (Å²) in [7, 11) is 0. The van der Waals surface area contributed by atoms with Crippen LogP contribution < -0.4 is 0 Å². The maximum atomic E-state index is 6.54. The molecule has 0 radical (unpaired) electrons. The van der Waals surface area contributed by atoms with E-state index in [-0.39, 0.29) is 5.92 Å². The third-order valence-electron chi connectivity index (χ3n) is 8.30. The van der Waals surface area contributed by atoms with Crippen LogP contribution in [0.5, 0.6) is 0 Å². The van der Waals surface area contributed by atoms with Gasteiger partial charge in [-0.1, -0.05) is 103 Å². The molecule has 40 heavy (non-hydrogen) atoms. The van der Waals surface area contributed by atoms with Crippen LogP contribution in [0, 0.1) is 0 Å². The van der Waals surface area contributed by atoms with Gasteiger partial charge in [0.05, 0.1) is 22.2 Å². The van der Waals surface area contributed by atoms with Crippen LogP contribution in [0.3, 0.4) is 0 Å². The van der Waals surface area contributed by atoms with Crippen LogP contribution in [0.1, 0.15) is 18.0 Å². The minimum atomic E-state index is 0.200. The van der Waals surface area contributed by atoms with Gasteiger partial charge in [0, 0.05) is 43.6 Å². The molecule has 1 aliphatic rings. The van der Waals surface area contributed by atoms with Gasteiger partial charge in [0.1, 0.15) is 11.2 Å². The maximum absolute atomic E-state index is 6.54. The molecule has 1 unspecified atom stereocenters. The third-order valence-corrected chi connectivity index (χ3v) is 8.30. The molecule has 0 aliphatic heterocycles. The molecule has 3 aromatic heterocycles. The van der Waals surface area contributed by atoms with Gasteiger partial charge in [-0.15, -0.1) is 0 Å². The van der Waals surface area contributed by atoms with Gasteiger partial charge in [-0.05, 0) is 24.6 Å². The SMILES string of the molecule is C1=CCC(c2nc(-n3c4ccccc4c4c5c6ccccc6oc5c5ccccc5c43)nc3ccccc23)C=C1. The molecule has 5 aromatic carbocycles. The zero-order chi connectivity index (χ0) is 26.2. The Labute approximate surface area is 229 Å². The van der Waals surface area contributed by atoms with E-state index in [4.69, 9.17) is 14.4 Å². The van der Waals surface area contributed by atoms with E-state index in [1.54, 1.807) is 0 Å². The average Bonchev–Trinajstić information content (AvgIpc) is 3.58. The van der Waals surface area contributed by atoms with Crippen molar-refractivity contribution in [3.63, 3.8) is 0 Å². The van der Waals surface area contributed by atoms with E-state index in [9.17, 15) is 0 Å². The molecule has 188 valence electrons. The standard InChI is InChI=1S/C36H23N3O/c1-2-12-22(13-3-1)33-25-16-6-9-19-28(25)37-36(38-33)39-29-20-10-7-17-26(29)31-32-27-18-8-11-21-30(27)40-35(32)24-15-5-4-14-23(24)34(31)39/h1-12,14-22H,13H2. The number of benzene rings is 5. The van der Waals surface area contributed by atoms with E-state index in [0.29, 0.717) is 5.95 Å². The summed E-state index contributed by atoms with van der Waals surface area (Å²) in [5, 5.41) is 7.92. The first kappa shape index (κ1) is 21.7. The lowest BCUT2D eigenvalue weighted by atomic mass is 9.94. The predicted molar refractivity (Wildman–Crippen MR) is 164 cm³/mol. The van der Waals surface area contributed by atoms with Crippen LogP contribution >= 0.6 is 0 Å².